The van der Waals surface area contributed by atoms with Gasteiger partial charge in [-0.25, -0.2) is 4.79 Å². The maximum atomic E-state index is 12.4. The lowest BCUT2D eigenvalue weighted by molar-refractivity contribution is -0.192. The summed E-state index contributed by atoms with van der Waals surface area (Å²) in [5, 5.41) is 10.9. The van der Waals surface area contributed by atoms with Gasteiger partial charge in [0.05, 0.1) is 18.6 Å². The summed E-state index contributed by atoms with van der Waals surface area (Å²) >= 11 is 1.29. The van der Waals surface area contributed by atoms with Crippen LogP contribution in [-0.2, 0) is 23.8 Å². The van der Waals surface area contributed by atoms with Crippen LogP contribution < -0.4 is 0 Å². The van der Waals surface area contributed by atoms with E-state index in [0.717, 1.165) is 4.90 Å². The van der Waals surface area contributed by atoms with E-state index in [1.165, 1.54) is 18.7 Å². The molecule has 1 aliphatic rings. The predicted molar refractivity (Wildman–Crippen MR) is 113 cm³/mol. The fraction of sp³-hybridized carbons (Fsp3) is 0.348. The van der Waals surface area contributed by atoms with E-state index in [4.69, 9.17) is 14.2 Å². The predicted octanol–water partition coefficient (Wildman–Crippen LogP) is 3.00. The number of aliphatic hydroxyl groups excluding tert-OH is 1. The van der Waals surface area contributed by atoms with E-state index in [-0.39, 0.29) is 25.2 Å². The van der Waals surface area contributed by atoms with Gasteiger partial charge < -0.3 is 24.1 Å². The van der Waals surface area contributed by atoms with Gasteiger partial charge in [-0.2, -0.15) is 0 Å². The standard InChI is InChI=1S/C23H24O7S/c1-15(24)12-13-19(25)30-21-20(26)18(29-22(27)16-8-4-2-5-9-16)14-28-23(21)31-17-10-6-3-7-11-17/h2-11,18,20-21,23,26H,12-14H2,1H3/t18-,20-,21+,23-/m0/s1. The van der Waals surface area contributed by atoms with Gasteiger partial charge in [-0.3, -0.25) is 4.79 Å². The van der Waals surface area contributed by atoms with E-state index in [9.17, 15) is 19.5 Å². The maximum absolute atomic E-state index is 12.4. The van der Waals surface area contributed by atoms with Crippen LogP contribution in [0.2, 0.25) is 0 Å². The molecule has 1 heterocycles. The van der Waals surface area contributed by atoms with Gasteiger partial charge in [0.25, 0.3) is 0 Å². The number of benzene rings is 2. The molecular weight excluding hydrogens is 420 g/mol. The number of Topliss-reactive ketones (excluding diaryl/α,β-unsaturated/α-hetero) is 1. The number of ether oxygens (including phenoxy) is 3. The molecule has 7 nitrogen and oxygen atoms in total. The Bertz CT molecular complexity index is 887. The van der Waals surface area contributed by atoms with Crippen LogP contribution in [0.1, 0.15) is 30.1 Å². The topological polar surface area (TPSA) is 99.1 Å². The lowest BCUT2D eigenvalue weighted by atomic mass is 10.1. The monoisotopic (exact) mass is 444 g/mol. The molecule has 4 atom stereocenters. The molecule has 3 rings (SSSR count). The molecule has 0 aromatic heterocycles. The SMILES string of the molecule is CC(=O)CCC(=O)O[C@@H]1[C@@H](O)[C@@H](OC(=O)c2ccccc2)CO[C@H]1Sc1ccccc1. The number of hydrogen-bond donors (Lipinski definition) is 1. The van der Waals surface area contributed by atoms with Gasteiger partial charge in [0.15, 0.2) is 12.2 Å². The van der Waals surface area contributed by atoms with Crippen molar-refractivity contribution >= 4 is 29.5 Å². The lowest BCUT2D eigenvalue weighted by Crippen LogP contribution is -2.55. The molecule has 0 spiro atoms. The van der Waals surface area contributed by atoms with E-state index in [2.05, 4.69) is 0 Å². The first-order chi connectivity index (χ1) is 14.9. The minimum absolute atomic E-state index is 0.0470. The summed E-state index contributed by atoms with van der Waals surface area (Å²) in [5.41, 5.74) is -0.365. The summed E-state index contributed by atoms with van der Waals surface area (Å²) in [5.74, 6) is -1.37. The zero-order valence-corrected chi connectivity index (χ0v) is 17.8. The average molecular weight is 445 g/mol. The number of esters is 2. The number of ketones is 1. The summed E-state index contributed by atoms with van der Waals surface area (Å²) in [6.07, 6.45) is -3.43. The molecule has 1 N–H and O–H groups in total. The number of carbonyl (C=O) groups is 3. The molecule has 0 unspecified atom stereocenters. The zero-order chi connectivity index (χ0) is 22.2. The molecule has 0 aliphatic carbocycles. The molecular formula is C23H24O7S. The van der Waals surface area contributed by atoms with Crippen molar-refractivity contribution in [2.24, 2.45) is 0 Å². The molecule has 1 fully saturated rings. The Hall–Kier alpha value is -2.68. The zero-order valence-electron chi connectivity index (χ0n) is 17.0. The van der Waals surface area contributed by atoms with Gasteiger partial charge in [-0.05, 0) is 31.2 Å². The summed E-state index contributed by atoms with van der Waals surface area (Å²) in [6, 6.07) is 17.7. The highest BCUT2D eigenvalue weighted by Gasteiger charge is 2.44. The van der Waals surface area contributed by atoms with Gasteiger partial charge in [0.1, 0.15) is 17.3 Å². The smallest absolute Gasteiger partial charge is 0.338 e. The first-order valence-corrected chi connectivity index (χ1v) is 10.8. The minimum atomic E-state index is -1.29. The molecule has 0 bridgehead atoms. The second kappa shape index (κ2) is 11.1. The van der Waals surface area contributed by atoms with Gasteiger partial charge in [0, 0.05) is 11.3 Å². The molecule has 1 saturated heterocycles. The number of carbonyl (C=O) groups excluding carboxylic acids is 3. The van der Waals surface area contributed by atoms with Crippen LogP contribution in [0.3, 0.4) is 0 Å². The second-order valence-corrected chi connectivity index (χ2v) is 8.26. The molecule has 31 heavy (non-hydrogen) atoms. The van der Waals surface area contributed by atoms with Crippen LogP contribution in [0.4, 0.5) is 0 Å². The van der Waals surface area contributed by atoms with Crippen molar-refractivity contribution in [1.82, 2.24) is 0 Å². The first kappa shape index (κ1) is 23.0. The van der Waals surface area contributed by atoms with Crippen molar-refractivity contribution in [2.75, 3.05) is 6.61 Å². The Morgan fingerprint density at radius 2 is 1.65 bits per heavy atom. The third-order valence-corrected chi connectivity index (χ3v) is 5.80. The van der Waals surface area contributed by atoms with Crippen molar-refractivity contribution in [3.63, 3.8) is 0 Å². The van der Waals surface area contributed by atoms with E-state index in [0.29, 0.717) is 5.56 Å². The number of rotatable bonds is 8. The Kier molecular flexibility index (Phi) is 8.22. The number of aliphatic hydroxyl groups is 1. The van der Waals surface area contributed by atoms with Crippen LogP contribution in [0.5, 0.6) is 0 Å². The Morgan fingerprint density at radius 3 is 2.29 bits per heavy atom. The van der Waals surface area contributed by atoms with Crippen LogP contribution in [-0.4, -0.2) is 53.2 Å². The van der Waals surface area contributed by atoms with Gasteiger partial charge in [-0.15, -0.1) is 0 Å². The highest BCUT2D eigenvalue weighted by Crippen LogP contribution is 2.33. The number of thioether (sulfide) groups is 1. The molecule has 2 aromatic rings. The highest BCUT2D eigenvalue weighted by atomic mass is 32.2. The third-order valence-electron chi connectivity index (χ3n) is 4.62. The van der Waals surface area contributed by atoms with Crippen molar-refractivity contribution < 1.29 is 33.7 Å². The Morgan fingerprint density at radius 1 is 1.00 bits per heavy atom. The summed E-state index contributed by atoms with van der Waals surface area (Å²) < 4.78 is 16.7. The average Bonchev–Trinajstić information content (AvgIpc) is 2.78. The quantitative estimate of drug-likeness (QED) is 0.621. The molecule has 164 valence electrons. The fourth-order valence-electron chi connectivity index (χ4n) is 2.99. The van der Waals surface area contributed by atoms with Gasteiger partial charge in [-0.1, -0.05) is 48.2 Å². The third kappa shape index (κ3) is 6.65. The van der Waals surface area contributed by atoms with Crippen LogP contribution in [0.25, 0.3) is 0 Å². The lowest BCUT2D eigenvalue weighted by Gasteiger charge is -2.38. The first-order valence-electron chi connectivity index (χ1n) is 9.90. The summed E-state index contributed by atoms with van der Waals surface area (Å²) in [7, 11) is 0. The van der Waals surface area contributed by atoms with E-state index in [1.54, 1.807) is 30.3 Å². The highest BCUT2D eigenvalue weighted by molar-refractivity contribution is 7.99. The van der Waals surface area contributed by atoms with Gasteiger partial charge >= 0.3 is 11.9 Å². The van der Waals surface area contributed by atoms with E-state index in [1.807, 2.05) is 30.3 Å². The molecule has 0 saturated carbocycles. The van der Waals surface area contributed by atoms with Gasteiger partial charge in [0.2, 0.25) is 0 Å². The van der Waals surface area contributed by atoms with E-state index < -0.39 is 35.7 Å². The molecule has 2 aromatic carbocycles. The van der Waals surface area contributed by atoms with Crippen LogP contribution in [0.15, 0.2) is 65.6 Å². The van der Waals surface area contributed by atoms with Crippen LogP contribution in [0, 0.1) is 0 Å². The maximum Gasteiger partial charge on any atom is 0.338 e. The Balaban J connectivity index is 1.71. The Labute approximate surface area is 184 Å². The molecule has 8 heteroatoms. The fourth-order valence-corrected chi connectivity index (χ4v) is 4.07. The molecule has 1 aliphatic heterocycles. The molecule has 0 amide bonds. The number of hydrogen-bond acceptors (Lipinski definition) is 8. The second-order valence-electron chi connectivity index (χ2n) is 7.09. The van der Waals surface area contributed by atoms with Crippen molar-refractivity contribution in [3.8, 4) is 0 Å². The normalized spacial score (nSPS) is 23.0. The van der Waals surface area contributed by atoms with Crippen molar-refractivity contribution in [1.29, 1.82) is 0 Å². The largest absolute Gasteiger partial charge is 0.456 e. The molecule has 0 radical (unpaired) electrons. The van der Waals surface area contributed by atoms with Crippen molar-refractivity contribution in [2.45, 2.75) is 48.4 Å². The minimum Gasteiger partial charge on any atom is -0.456 e. The van der Waals surface area contributed by atoms with E-state index >= 15 is 0 Å². The summed E-state index contributed by atoms with van der Waals surface area (Å²) in [6.45, 7) is 1.34. The summed E-state index contributed by atoms with van der Waals surface area (Å²) in [4.78, 5) is 36.7. The van der Waals surface area contributed by atoms with Crippen molar-refractivity contribution in [3.05, 3.63) is 66.2 Å². The van der Waals surface area contributed by atoms with Crippen LogP contribution >= 0.6 is 11.8 Å².